The maximum absolute atomic E-state index is 13.6. The molecule has 14 heavy (non-hydrogen) atoms. The van der Waals surface area contributed by atoms with Crippen LogP contribution in [0.25, 0.3) is 0 Å². The van der Waals surface area contributed by atoms with Gasteiger partial charge in [0.25, 0.3) is 0 Å². The average Bonchev–Trinajstić information content (AvgIpc) is 2.05. The number of para-hydroxylation sites is 2. The Balaban J connectivity index is 2.46. The first-order chi connectivity index (χ1) is 6.42. The molecule has 2 unspecified atom stereocenters. The van der Waals surface area contributed by atoms with Gasteiger partial charge in [-0.15, -0.1) is 0 Å². The minimum absolute atomic E-state index is 0.215. The number of hydrogen-bond donors (Lipinski definition) is 0. The molecule has 0 saturated heterocycles. The summed E-state index contributed by atoms with van der Waals surface area (Å²) in [7, 11) is 0. The molecular formula is C10H10F2O2. The number of benzene rings is 1. The molecule has 0 N–H and O–H groups in total. The number of fused-ring (bicyclic) bond motifs is 1. The van der Waals surface area contributed by atoms with Gasteiger partial charge < -0.3 is 9.47 Å². The SMILES string of the molecule is CC1(F)Oc2ccccc2OC1(C)F. The van der Waals surface area contributed by atoms with Gasteiger partial charge in [-0.05, 0) is 12.1 Å². The van der Waals surface area contributed by atoms with E-state index in [-0.39, 0.29) is 11.5 Å². The van der Waals surface area contributed by atoms with Gasteiger partial charge in [0, 0.05) is 13.8 Å². The van der Waals surface area contributed by atoms with Crippen LogP contribution in [0.2, 0.25) is 0 Å². The van der Waals surface area contributed by atoms with Crippen molar-refractivity contribution in [2.24, 2.45) is 0 Å². The zero-order chi connectivity index (χ0) is 10.4. The summed E-state index contributed by atoms with van der Waals surface area (Å²) in [6.07, 6.45) is 0. The number of rotatable bonds is 0. The highest BCUT2D eigenvalue weighted by atomic mass is 19.2. The first kappa shape index (κ1) is 9.24. The predicted molar refractivity (Wildman–Crippen MR) is 46.7 cm³/mol. The van der Waals surface area contributed by atoms with Crippen molar-refractivity contribution in [3.05, 3.63) is 24.3 Å². The second-order valence-corrected chi connectivity index (χ2v) is 3.48. The Morgan fingerprint density at radius 2 is 1.29 bits per heavy atom. The molecule has 76 valence electrons. The Labute approximate surface area is 80.4 Å². The summed E-state index contributed by atoms with van der Waals surface area (Å²) >= 11 is 0. The van der Waals surface area contributed by atoms with Crippen LogP contribution in [-0.2, 0) is 0 Å². The second-order valence-electron chi connectivity index (χ2n) is 3.48. The molecule has 1 aliphatic rings. The average molecular weight is 200 g/mol. The van der Waals surface area contributed by atoms with Crippen LogP contribution in [0.1, 0.15) is 13.8 Å². The molecule has 0 aromatic heterocycles. The molecule has 0 saturated carbocycles. The van der Waals surface area contributed by atoms with E-state index < -0.39 is 11.7 Å². The van der Waals surface area contributed by atoms with Crippen molar-refractivity contribution in [2.75, 3.05) is 0 Å². The minimum atomic E-state index is -2.47. The van der Waals surface area contributed by atoms with Gasteiger partial charge >= 0.3 is 11.7 Å². The Hall–Kier alpha value is -1.32. The van der Waals surface area contributed by atoms with E-state index in [1.807, 2.05) is 0 Å². The third-order valence-corrected chi connectivity index (χ3v) is 2.25. The Morgan fingerprint density at radius 1 is 0.929 bits per heavy atom. The van der Waals surface area contributed by atoms with Gasteiger partial charge in [-0.25, -0.2) is 0 Å². The molecule has 1 aromatic rings. The van der Waals surface area contributed by atoms with E-state index in [1.54, 1.807) is 12.1 Å². The van der Waals surface area contributed by atoms with E-state index in [1.165, 1.54) is 12.1 Å². The van der Waals surface area contributed by atoms with Gasteiger partial charge in [0.15, 0.2) is 11.5 Å². The first-order valence-electron chi connectivity index (χ1n) is 4.27. The van der Waals surface area contributed by atoms with Crippen molar-refractivity contribution >= 4 is 0 Å². The first-order valence-corrected chi connectivity index (χ1v) is 4.27. The summed E-state index contributed by atoms with van der Waals surface area (Å²) < 4.78 is 36.9. The van der Waals surface area contributed by atoms with E-state index in [4.69, 9.17) is 9.47 Å². The van der Waals surface area contributed by atoms with Crippen molar-refractivity contribution in [1.82, 2.24) is 0 Å². The lowest BCUT2D eigenvalue weighted by Gasteiger charge is -2.38. The van der Waals surface area contributed by atoms with Gasteiger partial charge in [0.2, 0.25) is 0 Å². The van der Waals surface area contributed by atoms with Crippen LogP contribution in [0.5, 0.6) is 11.5 Å². The maximum atomic E-state index is 13.6. The summed E-state index contributed by atoms with van der Waals surface area (Å²) in [4.78, 5) is 0. The predicted octanol–water partition coefficient (Wildman–Crippen LogP) is 2.83. The highest BCUT2D eigenvalue weighted by Gasteiger charge is 2.54. The fraction of sp³-hybridized carbons (Fsp3) is 0.400. The molecule has 0 amide bonds. The summed E-state index contributed by atoms with van der Waals surface area (Å²) in [5, 5.41) is 0. The van der Waals surface area contributed by atoms with E-state index in [9.17, 15) is 8.78 Å². The summed E-state index contributed by atoms with van der Waals surface area (Å²) in [5.41, 5.74) is 0. The normalized spacial score (nSPS) is 35.4. The van der Waals surface area contributed by atoms with Crippen molar-refractivity contribution < 1.29 is 18.3 Å². The van der Waals surface area contributed by atoms with E-state index in [0.717, 1.165) is 13.8 Å². The van der Waals surface area contributed by atoms with Crippen molar-refractivity contribution in [2.45, 2.75) is 25.6 Å². The third-order valence-electron chi connectivity index (χ3n) is 2.25. The zero-order valence-electron chi connectivity index (χ0n) is 7.88. The van der Waals surface area contributed by atoms with Gasteiger partial charge in [-0.2, -0.15) is 8.78 Å². The Kier molecular flexibility index (Phi) is 1.71. The lowest BCUT2D eigenvalue weighted by atomic mass is 10.1. The fourth-order valence-corrected chi connectivity index (χ4v) is 1.21. The summed E-state index contributed by atoms with van der Waals surface area (Å²) in [6.45, 7) is 2.01. The van der Waals surface area contributed by atoms with E-state index in [0.29, 0.717) is 0 Å². The molecule has 0 spiro atoms. The highest BCUT2D eigenvalue weighted by Crippen LogP contribution is 2.44. The van der Waals surface area contributed by atoms with Crippen molar-refractivity contribution in [1.29, 1.82) is 0 Å². The topological polar surface area (TPSA) is 18.5 Å². The van der Waals surface area contributed by atoms with E-state index in [2.05, 4.69) is 0 Å². The lowest BCUT2D eigenvalue weighted by molar-refractivity contribution is -0.257. The number of ether oxygens (including phenoxy) is 2. The number of hydrogen-bond acceptors (Lipinski definition) is 2. The zero-order valence-corrected chi connectivity index (χ0v) is 7.88. The van der Waals surface area contributed by atoms with E-state index >= 15 is 0 Å². The monoisotopic (exact) mass is 200 g/mol. The minimum Gasteiger partial charge on any atom is -0.448 e. The number of halogens is 2. The van der Waals surface area contributed by atoms with Gasteiger partial charge in [0.05, 0.1) is 0 Å². The molecule has 0 aliphatic carbocycles. The third kappa shape index (κ3) is 1.22. The smallest absolute Gasteiger partial charge is 0.314 e. The van der Waals surface area contributed by atoms with Gasteiger partial charge in [-0.3, -0.25) is 0 Å². The van der Waals surface area contributed by atoms with Crippen LogP contribution < -0.4 is 9.47 Å². The second kappa shape index (κ2) is 2.59. The Morgan fingerprint density at radius 3 is 1.64 bits per heavy atom. The van der Waals surface area contributed by atoms with Crippen molar-refractivity contribution in [3.8, 4) is 11.5 Å². The largest absolute Gasteiger partial charge is 0.448 e. The molecular weight excluding hydrogens is 190 g/mol. The van der Waals surface area contributed by atoms with Crippen molar-refractivity contribution in [3.63, 3.8) is 0 Å². The van der Waals surface area contributed by atoms with Crippen LogP contribution in [0.3, 0.4) is 0 Å². The highest BCUT2D eigenvalue weighted by molar-refractivity contribution is 5.41. The molecule has 2 rings (SSSR count). The molecule has 2 atom stereocenters. The maximum Gasteiger partial charge on any atom is 0.314 e. The van der Waals surface area contributed by atoms with Crippen LogP contribution in [0.4, 0.5) is 8.78 Å². The van der Waals surface area contributed by atoms with Crippen LogP contribution >= 0.6 is 0 Å². The molecule has 1 aliphatic heterocycles. The molecule has 1 heterocycles. The molecule has 4 heteroatoms. The lowest BCUT2D eigenvalue weighted by Crippen LogP contribution is -2.54. The van der Waals surface area contributed by atoms with Crippen LogP contribution in [0, 0.1) is 0 Å². The molecule has 0 bridgehead atoms. The molecule has 2 nitrogen and oxygen atoms in total. The van der Waals surface area contributed by atoms with Gasteiger partial charge in [-0.1, -0.05) is 12.1 Å². The van der Waals surface area contributed by atoms with Gasteiger partial charge in [0.1, 0.15) is 0 Å². The molecule has 0 radical (unpaired) electrons. The standard InChI is InChI=1S/C10H10F2O2/c1-9(11)10(2,12)14-8-6-4-3-5-7(8)13-9/h3-6H,1-2H3. The molecule has 0 fully saturated rings. The van der Waals surface area contributed by atoms with Crippen LogP contribution in [0.15, 0.2) is 24.3 Å². The molecule has 1 aromatic carbocycles. The summed E-state index contributed by atoms with van der Waals surface area (Å²) in [6, 6.07) is 6.39. The fourth-order valence-electron chi connectivity index (χ4n) is 1.21. The van der Waals surface area contributed by atoms with Crippen LogP contribution in [-0.4, -0.2) is 11.7 Å². The Bertz CT molecular complexity index is 326. The quantitative estimate of drug-likeness (QED) is 0.641. The summed E-state index contributed by atoms with van der Waals surface area (Å²) in [5.74, 6) is -4.51. The number of alkyl halides is 2.